The Hall–Kier alpha value is -1.91. The number of amides is 2. The molecule has 2 aliphatic heterocycles. The molecule has 0 aliphatic carbocycles. The molecule has 0 N–H and O–H groups in total. The van der Waals surface area contributed by atoms with Crippen LogP contribution in [0.3, 0.4) is 0 Å². The van der Waals surface area contributed by atoms with E-state index < -0.39 is 0 Å². The van der Waals surface area contributed by atoms with Crippen LogP contribution in [0.15, 0.2) is 24.3 Å². The summed E-state index contributed by atoms with van der Waals surface area (Å²) in [4.78, 5) is 28.1. The van der Waals surface area contributed by atoms with Crippen molar-refractivity contribution in [2.24, 2.45) is 0 Å². The summed E-state index contributed by atoms with van der Waals surface area (Å²) in [6.07, 6.45) is 1.90. The Morgan fingerprint density at radius 2 is 2.00 bits per heavy atom. The highest BCUT2D eigenvalue weighted by Gasteiger charge is 2.40. The predicted molar refractivity (Wildman–Crippen MR) is 75.9 cm³/mol. The number of halogens is 1. The zero-order chi connectivity index (χ0) is 15.0. The van der Waals surface area contributed by atoms with Gasteiger partial charge in [-0.05, 0) is 25.8 Å². The number of nitrogens with zero attached hydrogens (tertiary/aromatic N) is 2. The molecule has 21 heavy (non-hydrogen) atoms. The van der Waals surface area contributed by atoms with Crippen LogP contribution in [0.4, 0.5) is 4.39 Å². The van der Waals surface area contributed by atoms with Crippen molar-refractivity contribution in [3.8, 4) is 0 Å². The van der Waals surface area contributed by atoms with Crippen LogP contribution in [0, 0.1) is 5.82 Å². The molecule has 2 atom stereocenters. The summed E-state index contributed by atoms with van der Waals surface area (Å²) in [7, 11) is 0. The fraction of sp³-hybridized carbons (Fsp3) is 0.500. The van der Waals surface area contributed by atoms with Crippen LogP contribution < -0.4 is 0 Å². The van der Waals surface area contributed by atoms with E-state index in [1.54, 1.807) is 28.0 Å². The number of rotatable bonds is 2. The minimum Gasteiger partial charge on any atom is -0.334 e. The van der Waals surface area contributed by atoms with Crippen LogP contribution in [0.1, 0.15) is 37.8 Å². The maximum atomic E-state index is 14.0. The lowest BCUT2D eigenvalue weighted by atomic mass is 10.0. The fourth-order valence-electron chi connectivity index (χ4n) is 3.35. The van der Waals surface area contributed by atoms with E-state index in [4.69, 9.17) is 0 Å². The van der Waals surface area contributed by atoms with Crippen molar-refractivity contribution < 1.29 is 14.0 Å². The molecule has 5 heteroatoms. The van der Waals surface area contributed by atoms with Crippen LogP contribution in [0.5, 0.6) is 0 Å². The van der Waals surface area contributed by atoms with Crippen LogP contribution in [-0.4, -0.2) is 40.7 Å². The fourth-order valence-corrected chi connectivity index (χ4v) is 3.35. The second-order valence-corrected chi connectivity index (χ2v) is 5.72. The standard InChI is InChI=1S/C16H19FN2O2/c1-11(12-5-2-3-6-13(12)17)18-10-8-15(20)19-9-4-7-14(19)16(18)21/h2-3,5-6,11,14H,4,7-10H2,1H3. The van der Waals surface area contributed by atoms with Gasteiger partial charge in [-0.2, -0.15) is 0 Å². The molecule has 3 rings (SSSR count). The molecule has 0 bridgehead atoms. The number of hydrogen-bond acceptors (Lipinski definition) is 2. The van der Waals surface area contributed by atoms with Crippen molar-refractivity contribution in [2.75, 3.05) is 13.1 Å². The molecule has 1 aromatic carbocycles. The van der Waals surface area contributed by atoms with E-state index in [-0.39, 0.29) is 29.7 Å². The highest BCUT2D eigenvalue weighted by Crippen LogP contribution is 2.29. The van der Waals surface area contributed by atoms with Crippen molar-refractivity contribution in [2.45, 2.75) is 38.3 Å². The van der Waals surface area contributed by atoms with Gasteiger partial charge in [-0.15, -0.1) is 0 Å². The first kappa shape index (κ1) is 14.0. The highest BCUT2D eigenvalue weighted by molar-refractivity contribution is 5.90. The van der Waals surface area contributed by atoms with E-state index in [2.05, 4.69) is 0 Å². The maximum absolute atomic E-state index is 14.0. The van der Waals surface area contributed by atoms with Crippen LogP contribution in [0.25, 0.3) is 0 Å². The second-order valence-electron chi connectivity index (χ2n) is 5.72. The lowest BCUT2D eigenvalue weighted by Crippen LogP contribution is -2.44. The van der Waals surface area contributed by atoms with E-state index in [1.807, 2.05) is 6.92 Å². The zero-order valence-electron chi connectivity index (χ0n) is 12.1. The van der Waals surface area contributed by atoms with Crippen molar-refractivity contribution in [3.05, 3.63) is 35.6 Å². The average Bonchev–Trinajstić information content (AvgIpc) is 2.92. The summed E-state index contributed by atoms with van der Waals surface area (Å²) in [5.74, 6) is -0.320. The molecule has 0 aromatic heterocycles. The molecule has 2 aliphatic rings. The summed E-state index contributed by atoms with van der Waals surface area (Å²) in [6, 6.07) is 5.80. The van der Waals surface area contributed by atoms with E-state index in [0.29, 0.717) is 31.5 Å². The quantitative estimate of drug-likeness (QED) is 0.837. The molecule has 1 aromatic rings. The lowest BCUT2D eigenvalue weighted by Gasteiger charge is -2.30. The summed E-state index contributed by atoms with van der Waals surface area (Å²) in [5, 5.41) is 0. The largest absolute Gasteiger partial charge is 0.334 e. The van der Waals surface area contributed by atoms with E-state index in [0.717, 1.165) is 6.42 Å². The van der Waals surface area contributed by atoms with Crippen molar-refractivity contribution >= 4 is 11.8 Å². The molecule has 2 heterocycles. The van der Waals surface area contributed by atoms with Crippen LogP contribution in [-0.2, 0) is 9.59 Å². The van der Waals surface area contributed by atoms with Gasteiger partial charge in [0.1, 0.15) is 11.9 Å². The molecular weight excluding hydrogens is 271 g/mol. The summed E-state index contributed by atoms with van der Waals surface area (Å²) in [6.45, 7) is 2.85. The molecule has 2 amide bonds. The van der Waals surface area contributed by atoms with Gasteiger partial charge in [0.15, 0.2) is 0 Å². The Morgan fingerprint density at radius 3 is 2.76 bits per heavy atom. The van der Waals surface area contributed by atoms with E-state index >= 15 is 0 Å². The lowest BCUT2D eigenvalue weighted by molar-refractivity contribution is -0.140. The Kier molecular flexibility index (Phi) is 3.66. The second kappa shape index (κ2) is 5.47. The molecule has 0 radical (unpaired) electrons. The average molecular weight is 290 g/mol. The number of benzene rings is 1. The highest BCUT2D eigenvalue weighted by atomic mass is 19.1. The van der Waals surface area contributed by atoms with Crippen molar-refractivity contribution in [1.29, 1.82) is 0 Å². The van der Waals surface area contributed by atoms with Crippen LogP contribution >= 0.6 is 0 Å². The smallest absolute Gasteiger partial charge is 0.245 e. The van der Waals surface area contributed by atoms with Gasteiger partial charge < -0.3 is 9.80 Å². The third-order valence-corrected chi connectivity index (χ3v) is 4.53. The Balaban J connectivity index is 1.89. The van der Waals surface area contributed by atoms with Gasteiger partial charge >= 0.3 is 0 Å². The summed E-state index contributed by atoms with van der Waals surface area (Å²) >= 11 is 0. The molecule has 4 nitrogen and oxygen atoms in total. The third-order valence-electron chi connectivity index (χ3n) is 4.53. The topological polar surface area (TPSA) is 40.6 Å². The molecule has 0 spiro atoms. The molecule has 112 valence electrons. The Bertz CT molecular complexity index is 575. The molecular formula is C16H19FN2O2. The zero-order valence-corrected chi connectivity index (χ0v) is 12.1. The van der Waals surface area contributed by atoms with Crippen molar-refractivity contribution in [3.63, 3.8) is 0 Å². The molecule has 2 saturated heterocycles. The third kappa shape index (κ3) is 2.41. The number of carbonyl (C=O) groups excluding carboxylic acids is 2. The van der Waals surface area contributed by atoms with Gasteiger partial charge in [0.25, 0.3) is 0 Å². The normalized spacial score (nSPS) is 24.0. The van der Waals surface area contributed by atoms with Gasteiger partial charge in [0.05, 0.1) is 6.04 Å². The van der Waals surface area contributed by atoms with Gasteiger partial charge in [0, 0.05) is 25.1 Å². The first-order chi connectivity index (χ1) is 10.1. The predicted octanol–water partition coefficient (Wildman–Crippen LogP) is 2.11. The molecule has 2 fully saturated rings. The number of hydrogen-bond donors (Lipinski definition) is 0. The van der Waals surface area contributed by atoms with Gasteiger partial charge in [-0.1, -0.05) is 18.2 Å². The summed E-state index contributed by atoms with van der Waals surface area (Å²) in [5.41, 5.74) is 0.504. The Morgan fingerprint density at radius 1 is 1.24 bits per heavy atom. The molecule has 2 unspecified atom stereocenters. The van der Waals surface area contributed by atoms with E-state index in [9.17, 15) is 14.0 Å². The van der Waals surface area contributed by atoms with Gasteiger partial charge in [-0.3, -0.25) is 9.59 Å². The van der Waals surface area contributed by atoms with Crippen LogP contribution in [0.2, 0.25) is 0 Å². The number of fused-ring (bicyclic) bond motifs is 1. The van der Waals surface area contributed by atoms with E-state index in [1.165, 1.54) is 6.07 Å². The summed E-state index contributed by atoms with van der Waals surface area (Å²) < 4.78 is 14.0. The first-order valence-electron chi connectivity index (χ1n) is 7.44. The molecule has 0 saturated carbocycles. The monoisotopic (exact) mass is 290 g/mol. The SMILES string of the molecule is CC(c1ccccc1F)N1CCC(=O)N2CCCC2C1=O. The number of carbonyl (C=O) groups is 2. The Labute approximate surface area is 123 Å². The van der Waals surface area contributed by atoms with Gasteiger partial charge in [0.2, 0.25) is 11.8 Å². The van der Waals surface area contributed by atoms with Crippen molar-refractivity contribution in [1.82, 2.24) is 9.80 Å². The minimum absolute atomic E-state index is 0.0362. The maximum Gasteiger partial charge on any atom is 0.245 e. The van der Waals surface area contributed by atoms with Gasteiger partial charge in [-0.25, -0.2) is 4.39 Å². The minimum atomic E-state index is -0.355. The first-order valence-corrected chi connectivity index (χ1v) is 7.44.